The molecule has 232 valence electrons. The summed E-state index contributed by atoms with van der Waals surface area (Å²) in [6, 6.07) is 19.3. The maximum Gasteiger partial charge on any atom is 0.286 e. The first-order chi connectivity index (χ1) is 21.3. The Balaban J connectivity index is 1.30. The van der Waals surface area contributed by atoms with Crippen molar-refractivity contribution in [2.24, 2.45) is 0 Å². The van der Waals surface area contributed by atoms with Crippen LogP contribution in [0.3, 0.4) is 0 Å². The normalized spacial score (nSPS) is 16.9. The average Bonchev–Trinajstić information content (AvgIpc) is 3.48. The number of aliphatic hydroxyl groups is 1. The quantitative estimate of drug-likeness (QED) is 0.225. The van der Waals surface area contributed by atoms with Gasteiger partial charge in [-0.1, -0.05) is 30.3 Å². The summed E-state index contributed by atoms with van der Waals surface area (Å²) in [5.74, 6) is -0.606. The van der Waals surface area contributed by atoms with Gasteiger partial charge in [-0.3, -0.25) is 4.79 Å². The fourth-order valence-electron chi connectivity index (χ4n) is 4.94. The summed E-state index contributed by atoms with van der Waals surface area (Å²) in [6.45, 7) is -0.493. The van der Waals surface area contributed by atoms with Crippen LogP contribution in [0.25, 0.3) is 11.0 Å². The van der Waals surface area contributed by atoms with Gasteiger partial charge in [-0.2, -0.15) is 4.31 Å². The minimum absolute atomic E-state index is 0.0386. The summed E-state index contributed by atoms with van der Waals surface area (Å²) in [5, 5.41) is 13.3. The maximum atomic E-state index is 13.3. The van der Waals surface area contributed by atoms with Crippen LogP contribution < -0.4 is 10.1 Å². The fourth-order valence-corrected chi connectivity index (χ4v) is 6.35. The summed E-state index contributed by atoms with van der Waals surface area (Å²) in [5.41, 5.74) is 2.26. The molecule has 1 aromatic heterocycles. The Morgan fingerprint density at radius 3 is 2.55 bits per heavy atom. The zero-order chi connectivity index (χ0) is 31.1. The average molecular weight is 625 g/mol. The second-order valence-electron chi connectivity index (χ2n) is 10.1. The molecule has 2 N–H and O–H groups in total. The Labute approximate surface area is 254 Å². The van der Waals surface area contributed by atoms with E-state index in [1.54, 1.807) is 36.6 Å². The van der Waals surface area contributed by atoms with Crippen molar-refractivity contribution in [1.29, 1.82) is 0 Å². The summed E-state index contributed by atoms with van der Waals surface area (Å²) < 4.78 is 63.8. The van der Waals surface area contributed by atoms with Gasteiger partial charge >= 0.3 is 0 Å². The SMILES string of the molecule is COc1ccc(S(=O)(=O)N(CCO)CCOC2CC(c3coc4ccccc34)C=C(C(=O)NCc3ccc(F)cc3)O2)cc1. The van der Waals surface area contributed by atoms with Crippen LogP contribution in [0.1, 0.15) is 23.5 Å². The molecule has 0 saturated carbocycles. The lowest BCUT2D eigenvalue weighted by molar-refractivity contribution is -0.146. The van der Waals surface area contributed by atoms with E-state index in [0.29, 0.717) is 23.3 Å². The zero-order valence-corrected chi connectivity index (χ0v) is 24.8. The zero-order valence-electron chi connectivity index (χ0n) is 24.0. The van der Waals surface area contributed by atoms with Gasteiger partial charge in [0.2, 0.25) is 16.3 Å². The number of aliphatic hydroxyl groups excluding tert-OH is 1. The molecule has 0 radical (unpaired) electrons. The Morgan fingerprint density at radius 2 is 1.82 bits per heavy atom. The van der Waals surface area contributed by atoms with Crippen molar-refractivity contribution in [3.63, 3.8) is 0 Å². The summed E-state index contributed by atoms with van der Waals surface area (Å²) in [6.07, 6.45) is 2.81. The number of nitrogens with zero attached hydrogens (tertiary/aromatic N) is 1. The minimum atomic E-state index is -3.94. The first kappa shape index (κ1) is 31.2. The molecule has 4 aromatic rings. The minimum Gasteiger partial charge on any atom is -0.497 e. The molecule has 0 bridgehead atoms. The Morgan fingerprint density at radius 1 is 1.07 bits per heavy atom. The number of rotatable bonds is 13. The van der Waals surface area contributed by atoms with Crippen LogP contribution in [-0.2, 0) is 30.8 Å². The Hall–Kier alpha value is -4.23. The van der Waals surface area contributed by atoms with Crippen molar-refractivity contribution in [3.8, 4) is 5.75 Å². The van der Waals surface area contributed by atoms with Gasteiger partial charge in [-0.15, -0.1) is 0 Å². The number of sulfonamides is 1. The largest absolute Gasteiger partial charge is 0.497 e. The maximum absolute atomic E-state index is 13.3. The Bertz CT molecular complexity index is 1700. The predicted octanol–water partition coefficient (Wildman–Crippen LogP) is 4.31. The van der Waals surface area contributed by atoms with Crippen LogP contribution in [0.5, 0.6) is 5.75 Å². The van der Waals surface area contributed by atoms with Gasteiger partial charge in [0.1, 0.15) is 17.1 Å². The molecule has 1 amide bonds. The van der Waals surface area contributed by atoms with Gasteiger partial charge in [0, 0.05) is 42.9 Å². The van der Waals surface area contributed by atoms with Gasteiger partial charge in [-0.25, -0.2) is 12.8 Å². The molecular weight excluding hydrogens is 591 g/mol. The van der Waals surface area contributed by atoms with Crippen molar-refractivity contribution in [1.82, 2.24) is 9.62 Å². The molecule has 12 heteroatoms. The van der Waals surface area contributed by atoms with E-state index >= 15 is 0 Å². The highest BCUT2D eigenvalue weighted by atomic mass is 32.2. The number of benzene rings is 3. The fraction of sp³-hybridized carbons (Fsp3) is 0.281. The number of halogens is 1. The molecule has 44 heavy (non-hydrogen) atoms. The van der Waals surface area contributed by atoms with Crippen LogP contribution in [0, 0.1) is 5.82 Å². The molecule has 5 rings (SSSR count). The highest BCUT2D eigenvalue weighted by Crippen LogP contribution is 2.36. The molecule has 0 saturated heterocycles. The van der Waals surface area contributed by atoms with E-state index in [0.717, 1.165) is 15.3 Å². The molecule has 0 spiro atoms. The number of carbonyl (C=O) groups is 1. The number of methoxy groups -OCH3 is 1. The third-order valence-electron chi connectivity index (χ3n) is 7.25. The number of amides is 1. The summed E-state index contributed by atoms with van der Waals surface area (Å²) in [7, 11) is -2.45. The number of hydrogen-bond acceptors (Lipinski definition) is 8. The molecule has 2 heterocycles. The molecule has 3 aromatic carbocycles. The highest BCUT2D eigenvalue weighted by molar-refractivity contribution is 7.89. The van der Waals surface area contributed by atoms with Gasteiger partial charge in [-0.05, 0) is 54.1 Å². The molecule has 1 aliphatic heterocycles. The lowest BCUT2D eigenvalue weighted by atomic mass is 9.92. The standard InChI is InChI=1S/C32H33FN2O8S/c1-40-25-10-12-26(13-11-25)44(38,39)35(14-16-36)15-17-41-31-19-23(28-21-42-29-5-3-2-4-27(28)29)18-30(43-31)32(37)34-20-22-6-8-24(33)9-7-22/h2-13,18,21,23,31,36H,14-17,19-20H2,1H3,(H,34,37). The summed E-state index contributed by atoms with van der Waals surface area (Å²) >= 11 is 0. The molecular formula is C32H33FN2O8S. The molecule has 2 unspecified atom stereocenters. The van der Waals surface area contributed by atoms with Crippen LogP contribution in [0.2, 0.25) is 0 Å². The molecule has 0 fully saturated rings. The van der Waals surface area contributed by atoms with Crippen molar-refractivity contribution in [3.05, 3.63) is 108 Å². The van der Waals surface area contributed by atoms with Crippen molar-refractivity contribution in [2.75, 3.05) is 33.4 Å². The van der Waals surface area contributed by atoms with Crippen LogP contribution in [-0.4, -0.2) is 63.4 Å². The number of carbonyl (C=O) groups excluding carboxylic acids is 1. The number of hydrogen-bond donors (Lipinski definition) is 2. The predicted molar refractivity (Wildman–Crippen MR) is 160 cm³/mol. The number of furan rings is 1. The monoisotopic (exact) mass is 624 g/mol. The summed E-state index contributed by atoms with van der Waals surface area (Å²) in [4.78, 5) is 13.2. The number of allylic oxidation sites excluding steroid dienone is 1. The van der Waals surface area contributed by atoms with Gasteiger partial charge in [0.25, 0.3) is 5.91 Å². The number of para-hydroxylation sites is 1. The van der Waals surface area contributed by atoms with Gasteiger partial charge < -0.3 is 29.1 Å². The number of fused-ring (bicyclic) bond motifs is 1. The second kappa shape index (κ2) is 14.0. The van der Waals surface area contributed by atoms with Crippen molar-refractivity contribution >= 4 is 26.9 Å². The van der Waals surface area contributed by atoms with Crippen molar-refractivity contribution in [2.45, 2.75) is 30.1 Å². The van der Waals surface area contributed by atoms with E-state index in [9.17, 15) is 22.7 Å². The molecule has 2 atom stereocenters. The van der Waals surface area contributed by atoms with Crippen LogP contribution in [0.4, 0.5) is 4.39 Å². The van der Waals surface area contributed by atoms with Gasteiger partial charge in [0.05, 0.1) is 31.5 Å². The van der Waals surface area contributed by atoms with E-state index in [4.69, 9.17) is 18.6 Å². The number of ether oxygens (including phenoxy) is 3. The number of nitrogens with one attached hydrogen (secondary N) is 1. The highest BCUT2D eigenvalue weighted by Gasteiger charge is 2.31. The van der Waals surface area contributed by atoms with E-state index in [-0.39, 0.29) is 55.2 Å². The topological polar surface area (TPSA) is 128 Å². The van der Waals surface area contributed by atoms with Crippen LogP contribution >= 0.6 is 0 Å². The first-order valence-corrected chi connectivity index (χ1v) is 15.5. The van der Waals surface area contributed by atoms with E-state index < -0.39 is 22.2 Å². The lowest BCUT2D eigenvalue weighted by Gasteiger charge is -2.30. The van der Waals surface area contributed by atoms with Crippen molar-refractivity contribution < 1.29 is 41.3 Å². The van der Waals surface area contributed by atoms with Crippen LogP contribution in [0.15, 0.2) is 100 Å². The smallest absolute Gasteiger partial charge is 0.286 e. The third kappa shape index (κ3) is 7.28. The molecule has 1 aliphatic rings. The first-order valence-electron chi connectivity index (χ1n) is 14.0. The van der Waals surface area contributed by atoms with E-state index in [2.05, 4.69) is 5.32 Å². The second-order valence-corrected chi connectivity index (χ2v) is 12.0. The third-order valence-corrected chi connectivity index (χ3v) is 9.16. The van der Waals surface area contributed by atoms with E-state index in [1.807, 2.05) is 24.3 Å². The lowest BCUT2D eigenvalue weighted by Crippen LogP contribution is -2.38. The Kier molecular flexibility index (Phi) is 9.95. The molecule has 10 nitrogen and oxygen atoms in total. The molecule has 0 aliphatic carbocycles. The van der Waals surface area contributed by atoms with E-state index in [1.165, 1.54) is 31.4 Å². The van der Waals surface area contributed by atoms with Gasteiger partial charge in [0.15, 0.2) is 5.76 Å².